The van der Waals surface area contributed by atoms with Crippen LogP contribution in [0.1, 0.15) is 29.5 Å². The minimum atomic E-state index is -0.190. The lowest BCUT2D eigenvalue weighted by Gasteiger charge is -2.26. The van der Waals surface area contributed by atoms with E-state index in [1.807, 2.05) is 53.4 Å². The molecule has 6 nitrogen and oxygen atoms in total. The molecule has 2 amide bonds. The van der Waals surface area contributed by atoms with Crippen molar-refractivity contribution in [3.05, 3.63) is 90.0 Å². The number of carbonyl (C=O) groups excluding carboxylic acids is 2. The van der Waals surface area contributed by atoms with Gasteiger partial charge in [-0.2, -0.15) is 0 Å². The molecule has 0 saturated heterocycles. The van der Waals surface area contributed by atoms with E-state index >= 15 is 0 Å². The van der Waals surface area contributed by atoms with Crippen molar-refractivity contribution in [2.45, 2.75) is 32.4 Å². The van der Waals surface area contributed by atoms with Crippen molar-refractivity contribution in [3.63, 3.8) is 0 Å². The minimum absolute atomic E-state index is 0.00515. The maximum absolute atomic E-state index is 13.1. The van der Waals surface area contributed by atoms with Gasteiger partial charge in [-0.1, -0.05) is 24.3 Å². The van der Waals surface area contributed by atoms with Crippen molar-refractivity contribution in [1.82, 2.24) is 14.9 Å². The Hall–Kier alpha value is -3.54. The van der Waals surface area contributed by atoms with Gasteiger partial charge in [-0.15, -0.1) is 0 Å². The topological polar surface area (TPSA) is 75.2 Å². The number of nitrogens with one attached hydrogen (secondary N) is 1. The Morgan fingerprint density at radius 1 is 0.967 bits per heavy atom. The summed E-state index contributed by atoms with van der Waals surface area (Å²) in [5.41, 5.74) is 4.00. The molecule has 0 fully saturated rings. The smallest absolute Gasteiger partial charge is 0.227 e. The molecule has 1 atom stereocenters. The van der Waals surface area contributed by atoms with E-state index in [4.69, 9.17) is 0 Å². The predicted octanol–water partition coefficient (Wildman–Crippen LogP) is 3.60. The van der Waals surface area contributed by atoms with Crippen LogP contribution in [-0.2, 0) is 29.1 Å². The first-order chi connectivity index (χ1) is 14.7. The van der Waals surface area contributed by atoms with Gasteiger partial charge in [-0.3, -0.25) is 19.6 Å². The van der Waals surface area contributed by atoms with Crippen LogP contribution in [0.5, 0.6) is 0 Å². The first-order valence-corrected chi connectivity index (χ1v) is 10.1. The summed E-state index contributed by atoms with van der Waals surface area (Å²) in [6, 6.07) is 15.5. The van der Waals surface area contributed by atoms with Gasteiger partial charge in [0.05, 0.1) is 0 Å². The van der Waals surface area contributed by atoms with Gasteiger partial charge >= 0.3 is 0 Å². The van der Waals surface area contributed by atoms with E-state index in [0.717, 1.165) is 22.4 Å². The Morgan fingerprint density at radius 2 is 1.77 bits per heavy atom. The monoisotopic (exact) mass is 400 g/mol. The normalized spacial score (nSPS) is 15.2. The van der Waals surface area contributed by atoms with Crippen LogP contribution in [0, 0.1) is 5.92 Å². The third-order valence-electron chi connectivity index (χ3n) is 5.39. The number of amides is 2. The third-order valence-corrected chi connectivity index (χ3v) is 5.39. The first kappa shape index (κ1) is 19.8. The summed E-state index contributed by atoms with van der Waals surface area (Å²) in [6.45, 7) is 0.977. The molecule has 0 spiro atoms. The number of pyridine rings is 2. The van der Waals surface area contributed by atoms with Crippen molar-refractivity contribution >= 4 is 17.5 Å². The molecular formula is C24H24N4O2. The third kappa shape index (κ3) is 4.89. The van der Waals surface area contributed by atoms with Crippen molar-refractivity contribution in [3.8, 4) is 0 Å². The highest BCUT2D eigenvalue weighted by atomic mass is 16.2. The molecule has 0 saturated carbocycles. The van der Waals surface area contributed by atoms with E-state index in [1.165, 1.54) is 0 Å². The molecule has 1 N–H and O–H groups in total. The maximum Gasteiger partial charge on any atom is 0.227 e. The minimum Gasteiger partial charge on any atom is -0.334 e. The molecule has 1 aliphatic heterocycles. The van der Waals surface area contributed by atoms with Gasteiger partial charge in [-0.05, 0) is 53.8 Å². The first-order valence-electron chi connectivity index (χ1n) is 10.1. The summed E-state index contributed by atoms with van der Waals surface area (Å²) in [5, 5.41) is 2.96. The summed E-state index contributed by atoms with van der Waals surface area (Å²) in [5.74, 6) is -0.165. The number of hydrogen-bond acceptors (Lipinski definition) is 4. The predicted molar refractivity (Wildman–Crippen MR) is 114 cm³/mol. The number of anilines is 1. The lowest BCUT2D eigenvalue weighted by molar-refractivity contribution is -0.133. The Kier molecular flexibility index (Phi) is 6.13. The molecular weight excluding hydrogens is 376 g/mol. The number of nitrogens with zero attached hydrogens (tertiary/aromatic N) is 3. The molecule has 0 bridgehead atoms. The molecule has 4 rings (SSSR count). The van der Waals surface area contributed by atoms with Crippen LogP contribution in [0.2, 0.25) is 0 Å². The van der Waals surface area contributed by atoms with Crippen LogP contribution < -0.4 is 5.32 Å². The Labute approximate surface area is 176 Å². The van der Waals surface area contributed by atoms with Crippen molar-refractivity contribution < 1.29 is 9.59 Å². The van der Waals surface area contributed by atoms with Gasteiger partial charge in [0.2, 0.25) is 11.8 Å². The van der Waals surface area contributed by atoms with Gasteiger partial charge in [0, 0.05) is 55.9 Å². The quantitative estimate of drug-likeness (QED) is 0.658. The van der Waals surface area contributed by atoms with Crippen molar-refractivity contribution in [2.24, 2.45) is 5.92 Å². The van der Waals surface area contributed by atoms with Crippen LogP contribution >= 0.6 is 0 Å². The number of fused-ring (bicyclic) bond motifs is 1. The number of carbonyl (C=O) groups is 2. The molecule has 152 valence electrons. The second-order valence-corrected chi connectivity index (χ2v) is 7.55. The number of hydrogen-bond donors (Lipinski definition) is 1. The van der Waals surface area contributed by atoms with Crippen LogP contribution in [0.3, 0.4) is 0 Å². The number of benzene rings is 1. The summed E-state index contributed by atoms with van der Waals surface area (Å²) in [6.07, 6.45) is 8.47. The fourth-order valence-corrected chi connectivity index (χ4v) is 3.76. The average Bonchev–Trinajstić information content (AvgIpc) is 2.78. The SMILES string of the molecule is O=C1Nc2ccccc2CC1CCC(=O)N(Cc1ccncc1)Cc1cccnc1. The van der Waals surface area contributed by atoms with Crippen LogP contribution in [0.25, 0.3) is 0 Å². The molecule has 0 radical (unpaired) electrons. The Morgan fingerprint density at radius 3 is 2.57 bits per heavy atom. The van der Waals surface area contributed by atoms with Crippen molar-refractivity contribution in [2.75, 3.05) is 5.32 Å². The molecule has 1 unspecified atom stereocenters. The molecule has 2 aromatic heterocycles. The van der Waals surface area contributed by atoms with Gasteiger partial charge in [0.25, 0.3) is 0 Å². The van der Waals surface area contributed by atoms with Crippen molar-refractivity contribution in [1.29, 1.82) is 0 Å². The molecule has 30 heavy (non-hydrogen) atoms. The maximum atomic E-state index is 13.1. The lowest BCUT2D eigenvalue weighted by atomic mass is 9.89. The van der Waals surface area contributed by atoms with E-state index in [1.54, 1.807) is 24.8 Å². The highest BCUT2D eigenvalue weighted by molar-refractivity contribution is 5.96. The summed E-state index contributed by atoms with van der Waals surface area (Å²) in [4.78, 5) is 35.6. The molecule has 0 aliphatic carbocycles. The fourth-order valence-electron chi connectivity index (χ4n) is 3.76. The number of aromatic nitrogens is 2. The van der Waals surface area contributed by atoms with Crippen LogP contribution in [0.15, 0.2) is 73.3 Å². The fraction of sp³-hybridized carbons (Fsp3) is 0.250. The summed E-state index contributed by atoms with van der Waals surface area (Å²) < 4.78 is 0. The van der Waals surface area contributed by atoms with E-state index in [-0.39, 0.29) is 17.7 Å². The second-order valence-electron chi connectivity index (χ2n) is 7.55. The highest BCUT2D eigenvalue weighted by Crippen LogP contribution is 2.28. The zero-order valence-corrected chi connectivity index (χ0v) is 16.7. The number of para-hydroxylation sites is 1. The summed E-state index contributed by atoms with van der Waals surface area (Å²) >= 11 is 0. The number of rotatable bonds is 7. The second kappa shape index (κ2) is 9.31. The zero-order chi connectivity index (χ0) is 20.8. The Balaban J connectivity index is 1.43. The van der Waals surface area contributed by atoms with Gasteiger partial charge in [0.1, 0.15) is 0 Å². The van der Waals surface area contributed by atoms with E-state index in [9.17, 15) is 9.59 Å². The molecule has 1 aromatic carbocycles. The van der Waals surface area contributed by atoms with E-state index in [2.05, 4.69) is 15.3 Å². The zero-order valence-electron chi connectivity index (χ0n) is 16.7. The Bertz CT molecular complexity index is 966. The van der Waals surface area contributed by atoms with E-state index < -0.39 is 0 Å². The average molecular weight is 400 g/mol. The largest absolute Gasteiger partial charge is 0.334 e. The molecule has 6 heteroatoms. The highest BCUT2D eigenvalue weighted by Gasteiger charge is 2.27. The standard InChI is InChI=1S/C24H24N4O2/c29-23(8-7-21-14-20-5-1-2-6-22(20)27-24(21)30)28(16-18-9-12-25-13-10-18)17-19-4-3-11-26-15-19/h1-6,9-13,15,21H,7-8,14,16-17H2,(H,27,30). The molecule has 3 aromatic rings. The molecule has 3 heterocycles. The van der Waals surface area contributed by atoms with Crippen LogP contribution in [0.4, 0.5) is 5.69 Å². The van der Waals surface area contributed by atoms with Crippen LogP contribution in [-0.4, -0.2) is 26.7 Å². The van der Waals surface area contributed by atoms with Gasteiger partial charge in [-0.25, -0.2) is 0 Å². The van der Waals surface area contributed by atoms with Gasteiger partial charge in [0.15, 0.2) is 0 Å². The summed E-state index contributed by atoms with van der Waals surface area (Å²) in [7, 11) is 0. The lowest BCUT2D eigenvalue weighted by Crippen LogP contribution is -2.33. The molecule has 1 aliphatic rings. The van der Waals surface area contributed by atoms with E-state index in [0.29, 0.717) is 32.4 Å². The van der Waals surface area contributed by atoms with Gasteiger partial charge < -0.3 is 10.2 Å².